The zero-order chi connectivity index (χ0) is 24.1. The minimum Gasteiger partial charge on any atom is -0.444 e. The maximum atomic E-state index is 13.0. The molecule has 0 N–H and O–H groups in total. The van der Waals surface area contributed by atoms with Crippen LogP contribution < -0.4 is 5.46 Å². The molecule has 2 saturated heterocycles. The molecule has 1 aromatic carbocycles. The molecule has 2 amide bonds. The second kappa shape index (κ2) is 8.38. The maximum Gasteiger partial charge on any atom is 0.494 e. The van der Waals surface area contributed by atoms with Gasteiger partial charge in [0.2, 0.25) is 5.91 Å². The van der Waals surface area contributed by atoms with Crippen LogP contribution in [0.1, 0.15) is 66.5 Å². The van der Waals surface area contributed by atoms with Gasteiger partial charge in [-0.1, -0.05) is 18.2 Å². The van der Waals surface area contributed by atoms with Crippen molar-refractivity contribution in [1.29, 1.82) is 0 Å². The summed E-state index contributed by atoms with van der Waals surface area (Å²) in [5.41, 5.74) is 1.75. The van der Waals surface area contributed by atoms with Gasteiger partial charge < -0.3 is 18.9 Å². The van der Waals surface area contributed by atoms with E-state index in [0.717, 1.165) is 16.6 Å². The summed E-state index contributed by atoms with van der Waals surface area (Å²) in [5, 5.41) is 0. The molecule has 0 saturated carbocycles. The van der Waals surface area contributed by atoms with Gasteiger partial charge in [0, 0.05) is 19.6 Å². The van der Waals surface area contributed by atoms with Crippen LogP contribution in [0.15, 0.2) is 18.2 Å². The monoisotopic (exact) mass is 444 g/mol. The number of hydrogen-bond acceptors (Lipinski definition) is 5. The minimum absolute atomic E-state index is 0.0726. The highest BCUT2D eigenvalue weighted by molar-refractivity contribution is 6.62. The number of benzene rings is 1. The first-order chi connectivity index (χ1) is 14.6. The summed E-state index contributed by atoms with van der Waals surface area (Å²) in [4.78, 5) is 28.7. The number of piperazine rings is 1. The molecule has 0 bridgehead atoms. The van der Waals surface area contributed by atoms with Crippen molar-refractivity contribution in [1.82, 2.24) is 9.80 Å². The number of nitrogens with zero attached hydrogens (tertiary/aromatic N) is 2. The van der Waals surface area contributed by atoms with Crippen LogP contribution in [0.5, 0.6) is 0 Å². The van der Waals surface area contributed by atoms with E-state index in [1.165, 1.54) is 4.90 Å². The lowest BCUT2D eigenvalue weighted by molar-refractivity contribution is -0.141. The average molecular weight is 444 g/mol. The second-order valence-electron chi connectivity index (χ2n) is 10.9. The molecule has 32 heavy (non-hydrogen) atoms. The fourth-order valence-electron chi connectivity index (χ4n) is 3.88. The number of carbonyl (C=O) groups is 2. The highest BCUT2D eigenvalue weighted by atomic mass is 16.7. The van der Waals surface area contributed by atoms with Crippen molar-refractivity contribution in [3.8, 4) is 0 Å². The van der Waals surface area contributed by atoms with Crippen LogP contribution in [0.3, 0.4) is 0 Å². The zero-order valence-corrected chi connectivity index (χ0v) is 20.9. The first-order valence-electron chi connectivity index (χ1n) is 11.3. The van der Waals surface area contributed by atoms with Crippen molar-refractivity contribution >= 4 is 24.6 Å². The molecule has 8 heteroatoms. The number of rotatable bonds is 3. The SMILES string of the molecule is Cc1cc(B2OC(C)(C)C(C)(C)O2)ccc1CN1CCN(C(=O)OC(C)(C)C)C(C)C1=O. The molecule has 2 heterocycles. The van der Waals surface area contributed by atoms with Gasteiger partial charge >= 0.3 is 13.2 Å². The molecule has 2 fully saturated rings. The summed E-state index contributed by atoms with van der Waals surface area (Å²) in [6, 6.07) is 5.56. The van der Waals surface area contributed by atoms with Crippen molar-refractivity contribution in [3.63, 3.8) is 0 Å². The first kappa shape index (κ1) is 24.6. The van der Waals surface area contributed by atoms with Crippen LogP contribution in [0.2, 0.25) is 0 Å². The Bertz CT molecular complexity index is 877. The van der Waals surface area contributed by atoms with E-state index < -0.39 is 24.9 Å². The van der Waals surface area contributed by atoms with Crippen LogP contribution in [0.4, 0.5) is 4.79 Å². The van der Waals surface area contributed by atoms with Crippen molar-refractivity contribution in [2.75, 3.05) is 13.1 Å². The van der Waals surface area contributed by atoms with Gasteiger partial charge in [0.05, 0.1) is 11.2 Å². The van der Waals surface area contributed by atoms with E-state index in [0.29, 0.717) is 19.6 Å². The molecule has 2 aliphatic heterocycles. The molecule has 0 radical (unpaired) electrons. The van der Waals surface area contributed by atoms with Crippen LogP contribution in [0.25, 0.3) is 0 Å². The lowest BCUT2D eigenvalue weighted by Gasteiger charge is -2.39. The van der Waals surface area contributed by atoms with E-state index in [9.17, 15) is 9.59 Å². The first-order valence-corrected chi connectivity index (χ1v) is 11.3. The van der Waals surface area contributed by atoms with Crippen LogP contribution >= 0.6 is 0 Å². The summed E-state index contributed by atoms with van der Waals surface area (Å²) in [5.74, 6) is -0.0726. The van der Waals surface area contributed by atoms with Gasteiger partial charge in [-0.2, -0.15) is 0 Å². The molecular formula is C24H37BN2O5. The Morgan fingerprint density at radius 2 is 1.75 bits per heavy atom. The number of carbonyl (C=O) groups excluding carboxylic acids is 2. The summed E-state index contributed by atoms with van der Waals surface area (Å²) < 4.78 is 17.8. The molecule has 1 unspecified atom stereocenters. The fraction of sp³-hybridized carbons (Fsp3) is 0.667. The largest absolute Gasteiger partial charge is 0.494 e. The van der Waals surface area contributed by atoms with Gasteiger partial charge in [0.25, 0.3) is 0 Å². The highest BCUT2D eigenvalue weighted by Gasteiger charge is 2.51. The molecule has 1 aromatic rings. The Balaban J connectivity index is 1.67. The Morgan fingerprint density at radius 3 is 2.28 bits per heavy atom. The fourth-order valence-corrected chi connectivity index (χ4v) is 3.88. The van der Waals surface area contributed by atoms with E-state index >= 15 is 0 Å². The molecular weight excluding hydrogens is 407 g/mol. The van der Waals surface area contributed by atoms with E-state index in [-0.39, 0.29) is 17.1 Å². The van der Waals surface area contributed by atoms with Crippen molar-refractivity contribution in [2.45, 2.75) is 91.7 Å². The number of aryl methyl sites for hydroxylation is 1. The standard InChI is InChI=1S/C24H37BN2O5/c1-16-14-19(25-31-23(6,7)24(8,9)32-25)11-10-18(16)15-26-12-13-27(17(2)20(26)28)21(29)30-22(3,4)5/h10-11,14,17H,12-13,15H2,1-9H3. The highest BCUT2D eigenvalue weighted by Crippen LogP contribution is 2.36. The van der Waals surface area contributed by atoms with Crippen LogP contribution in [-0.4, -0.2) is 64.9 Å². The third-order valence-corrected chi connectivity index (χ3v) is 6.63. The number of amides is 2. The smallest absolute Gasteiger partial charge is 0.444 e. The Hall–Kier alpha value is -2.06. The second-order valence-corrected chi connectivity index (χ2v) is 10.9. The maximum absolute atomic E-state index is 13.0. The quantitative estimate of drug-likeness (QED) is 0.670. The third kappa shape index (κ3) is 4.96. The van der Waals surface area contributed by atoms with Gasteiger partial charge in [-0.15, -0.1) is 0 Å². The van der Waals surface area contributed by atoms with Gasteiger partial charge in [-0.05, 0) is 78.9 Å². The summed E-state index contributed by atoms with van der Waals surface area (Å²) in [6.45, 7) is 18.8. The van der Waals surface area contributed by atoms with Gasteiger partial charge in [-0.25, -0.2) is 4.79 Å². The summed E-state index contributed by atoms with van der Waals surface area (Å²) in [7, 11) is -0.410. The van der Waals surface area contributed by atoms with Crippen molar-refractivity contribution in [2.24, 2.45) is 0 Å². The average Bonchev–Trinajstić information content (AvgIpc) is 2.86. The van der Waals surface area contributed by atoms with Crippen LogP contribution in [-0.2, 0) is 25.4 Å². The van der Waals surface area contributed by atoms with E-state index in [1.807, 2.05) is 72.4 Å². The molecule has 0 aromatic heterocycles. The van der Waals surface area contributed by atoms with Crippen molar-refractivity contribution in [3.05, 3.63) is 29.3 Å². The third-order valence-electron chi connectivity index (χ3n) is 6.63. The molecule has 0 aliphatic carbocycles. The van der Waals surface area contributed by atoms with Gasteiger partial charge in [-0.3, -0.25) is 9.69 Å². The molecule has 0 spiro atoms. The lowest BCUT2D eigenvalue weighted by Crippen LogP contribution is -2.57. The predicted molar refractivity (Wildman–Crippen MR) is 125 cm³/mol. The van der Waals surface area contributed by atoms with Gasteiger partial charge in [0.1, 0.15) is 11.6 Å². The Kier molecular flexibility index (Phi) is 6.44. The predicted octanol–water partition coefficient (Wildman–Crippen LogP) is 3.26. The molecule has 1 atom stereocenters. The zero-order valence-electron chi connectivity index (χ0n) is 20.9. The van der Waals surface area contributed by atoms with E-state index in [4.69, 9.17) is 14.0 Å². The number of hydrogen-bond donors (Lipinski definition) is 0. The molecule has 3 rings (SSSR count). The number of ether oxygens (including phenoxy) is 1. The van der Waals surface area contributed by atoms with E-state index in [2.05, 4.69) is 6.07 Å². The summed E-state index contributed by atoms with van der Waals surface area (Å²) in [6.07, 6.45) is -0.444. The Labute approximate surface area is 192 Å². The molecule has 176 valence electrons. The van der Waals surface area contributed by atoms with Gasteiger partial charge in [0.15, 0.2) is 0 Å². The normalized spacial score (nSPS) is 23.0. The van der Waals surface area contributed by atoms with Crippen LogP contribution in [0, 0.1) is 6.92 Å². The minimum atomic E-state index is -0.590. The summed E-state index contributed by atoms with van der Waals surface area (Å²) >= 11 is 0. The molecule has 2 aliphatic rings. The lowest BCUT2D eigenvalue weighted by atomic mass is 9.78. The topological polar surface area (TPSA) is 68.3 Å². The molecule has 7 nitrogen and oxygen atoms in total. The van der Waals surface area contributed by atoms with E-state index in [1.54, 1.807) is 6.92 Å². The van der Waals surface area contributed by atoms with Crippen molar-refractivity contribution < 1.29 is 23.6 Å². The Morgan fingerprint density at radius 1 is 1.16 bits per heavy atom.